The van der Waals surface area contributed by atoms with Gasteiger partial charge in [0.15, 0.2) is 5.13 Å². The van der Waals surface area contributed by atoms with Gasteiger partial charge in [-0.3, -0.25) is 4.79 Å². The third-order valence-electron chi connectivity index (χ3n) is 3.33. The van der Waals surface area contributed by atoms with E-state index in [-0.39, 0.29) is 11.0 Å². The molecule has 0 spiro atoms. The Labute approximate surface area is 128 Å². The number of aromatic nitrogens is 3. The molecule has 0 saturated carbocycles. The number of nitrogens with zero attached hydrogens (tertiary/aromatic N) is 2. The van der Waals surface area contributed by atoms with Crippen LogP contribution in [0.2, 0.25) is 0 Å². The maximum atomic E-state index is 12.0. The number of nitrogens with one attached hydrogen (secondary N) is 2. The Bertz CT molecular complexity index is 669. The van der Waals surface area contributed by atoms with Gasteiger partial charge in [0.25, 0.3) is 5.56 Å². The molecule has 0 aliphatic rings. The zero-order chi connectivity index (χ0) is 15.6. The topological polar surface area (TPSA) is 70.7 Å². The SMILES string of the molecule is CCC(C)Nc1nc(-c2cc(C(C)(C)C)n[nH]c2=O)cs1. The first-order valence-corrected chi connectivity index (χ1v) is 8.02. The van der Waals surface area contributed by atoms with Crippen molar-refractivity contribution in [3.8, 4) is 11.3 Å². The molecule has 0 amide bonds. The van der Waals surface area contributed by atoms with Crippen molar-refractivity contribution in [2.75, 3.05) is 5.32 Å². The highest BCUT2D eigenvalue weighted by molar-refractivity contribution is 7.14. The summed E-state index contributed by atoms with van der Waals surface area (Å²) in [7, 11) is 0. The number of H-pyrrole nitrogens is 1. The summed E-state index contributed by atoms with van der Waals surface area (Å²) in [6.45, 7) is 10.4. The van der Waals surface area contributed by atoms with Gasteiger partial charge in [0.1, 0.15) is 0 Å². The van der Waals surface area contributed by atoms with Gasteiger partial charge in [-0.15, -0.1) is 11.3 Å². The predicted octanol–water partition coefficient (Wildman–Crippen LogP) is 3.40. The Morgan fingerprint density at radius 2 is 2.14 bits per heavy atom. The molecule has 0 aromatic carbocycles. The Morgan fingerprint density at radius 3 is 2.76 bits per heavy atom. The lowest BCUT2D eigenvalue weighted by atomic mass is 9.91. The summed E-state index contributed by atoms with van der Waals surface area (Å²) in [4.78, 5) is 16.5. The van der Waals surface area contributed by atoms with E-state index in [1.54, 1.807) is 0 Å². The molecule has 0 saturated heterocycles. The second kappa shape index (κ2) is 5.97. The number of anilines is 1. The molecule has 114 valence electrons. The third-order valence-corrected chi connectivity index (χ3v) is 4.11. The van der Waals surface area contributed by atoms with Crippen LogP contribution in [0.4, 0.5) is 5.13 Å². The van der Waals surface area contributed by atoms with Crippen molar-refractivity contribution in [1.29, 1.82) is 0 Å². The fraction of sp³-hybridized carbons (Fsp3) is 0.533. The highest BCUT2D eigenvalue weighted by atomic mass is 32.1. The number of hydrogen-bond donors (Lipinski definition) is 2. The minimum atomic E-state index is -0.205. The second-order valence-electron chi connectivity index (χ2n) is 6.24. The van der Waals surface area contributed by atoms with Gasteiger partial charge in [0, 0.05) is 16.8 Å². The molecule has 2 heterocycles. The smallest absolute Gasteiger partial charge is 0.273 e. The van der Waals surface area contributed by atoms with Gasteiger partial charge < -0.3 is 5.32 Å². The largest absolute Gasteiger partial charge is 0.359 e. The van der Waals surface area contributed by atoms with E-state index in [1.807, 2.05) is 11.4 Å². The lowest BCUT2D eigenvalue weighted by Crippen LogP contribution is -2.20. The molecule has 1 atom stereocenters. The summed E-state index contributed by atoms with van der Waals surface area (Å²) in [5, 5.41) is 12.8. The molecule has 2 rings (SSSR count). The molecule has 0 aliphatic carbocycles. The van der Waals surface area contributed by atoms with Crippen LogP contribution in [0.3, 0.4) is 0 Å². The summed E-state index contributed by atoms with van der Waals surface area (Å²) >= 11 is 1.51. The molecular formula is C15H22N4OS. The second-order valence-corrected chi connectivity index (χ2v) is 7.10. The highest BCUT2D eigenvalue weighted by Crippen LogP contribution is 2.26. The van der Waals surface area contributed by atoms with Crippen molar-refractivity contribution in [2.24, 2.45) is 0 Å². The first kappa shape index (κ1) is 15.7. The molecule has 1 unspecified atom stereocenters. The van der Waals surface area contributed by atoms with Crippen LogP contribution in [0.5, 0.6) is 0 Å². The normalized spacial score (nSPS) is 13.2. The quantitative estimate of drug-likeness (QED) is 0.908. The number of thiazole rings is 1. The average molecular weight is 306 g/mol. The molecule has 0 fully saturated rings. The van der Waals surface area contributed by atoms with Gasteiger partial charge >= 0.3 is 0 Å². The average Bonchev–Trinajstić information content (AvgIpc) is 2.86. The molecule has 2 aromatic rings. The molecule has 6 heteroatoms. The van der Waals surface area contributed by atoms with E-state index in [2.05, 4.69) is 55.1 Å². The fourth-order valence-corrected chi connectivity index (χ4v) is 2.58. The van der Waals surface area contributed by atoms with Gasteiger partial charge in [0.05, 0.1) is 17.0 Å². The highest BCUT2D eigenvalue weighted by Gasteiger charge is 2.19. The lowest BCUT2D eigenvalue weighted by molar-refractivity contribution is 0.557. The molecule has 0 bridgehead atoms. The number of aromatic amines is 1. The van der Waals surface area contributed by atoms with E-state index in [0.29, 0.717) is 17.3 Å². The zero-order valence-electron chi connectivity index (χ0n) is 13.2. The maximum absolute atomic E-state index is 12.0. The van der Waals surface area contributed by atoms with Crippen LogP contribution in [0.15, 0.2) is 16.2 Å². The molecule has 2 N–H and O–H groups in total. The summed E-state index contributed by atoms with van der Waals surface area (Å²) in [5.41, 5.74) is 1.79. The van der Waals surface area contributed by atoms with Crippen molar-refractivity contribution in [3.63, 3.8) is 0 Å². The summed E-state index contributed by atoms with van der Waals surface area (Å²) in [6.07, 6.45) is 1.03. The van der Waals surface area contributed by atoms with Crippen LogP contribution in [-0.2, 0) is 5.41 Å². The van der Waals surface area contributed by atoms with Crippen LogP contribution < -0.4 is 10.9 Å². The molecule has 0 radical (unpaired) electrons. The van der Waals surface area contributed by atoms with Crippen LogP contribution in [0.1, 0.15) is 46.7 Å². The Morgan fingerprint density at radius 1 is 1.43 bits per heavy atom. The van der Waals surface area contributed by atoms with Crippen molar-refractivity contribution < 1.29 is 0 Å². The Balaban J connectivity index is 2.36. The van der Waals surface area contributed by atoms with E-state index >= 15 is 0 Å². The van der Waals surface area contributed by atoms with Gasteiger partial charge in [-0.1, -0.05) is 27.7 Å². The van der Waals surface area contributed by atoms with Crippen molar-refractivity contribution in [3.05, 3.63) is 27.5 Å². The minimum absolute atomic E-state index is 0.118. The van der Waals surface area contributed by atoms with Gasteiger partial charge in [-0.25, -0.2) is 10.1 Å². The summed E-state index contributed by atoms with van der Waals surface area (Å²) < 4.78 is 0. The van der Waals surface area contributed by atoms with Crippen molar-refractivity contribution in [2.45, 2.75) is 52.5 Å². The number of rotatable bonds is 4. The van der Waals surface area contributed by atoms with Crippen molar-refractivity contribution >= 4 is 16.5 Å². The number of hydrogen-bond acceptors (Lipinski definition) is 5. The first-order valence-electron chi connectivity index (χ1n) is 7.14. The van der Waals surface area contributed by atoms with Gasteiger partial charge in [-0.05, 0) is 19.4 Å². The van der Waals surface area contributed by atoms with E-state index in [4.69, 9.17) is 0 Å². The van der Waals surface area contributed by atoms with E-state index in [1.165, 1.54) is 11.3 Å². The summed E-state index contributed by atoms with van der Waals surface area (Å²) in [6, 6.07) is 2.20. The predicted molar refractivity (Wildman–Crippen MR) is 88.0 cm³/mol. The first-order chi connectivity index (χ1) is 9.81. The van der Waals surface area contributed by atoms with Gasteiger partial charge in [0.2, 0.25) is 0 Å². The monoisotopic (exact) mass is 306 g/mol. The standard InChI is InChI=1S/C15H22N4OS/c1-6-9(2)16-14-17-11(8-21-14)10-7-12(15(3,4)5)18-19-13(10)20/h7-9H,6H2,1-5H3,(H,16,17)(H,19,20). The Kier molecular flexibility index (Phi) is 4.46. The molecule has 21 heavy (non-hydrogen) atoms. The van der Waals surface area contributed by atoms with Crippen LogP contribution in [-0.4, -0.2) is 21.2 Å². The minimum Gasteiger partial charge on any atom is -0.359 e. The van der Waals surface area contributed by atoms with E-state index in [0.717, 1.165) is 17.2 Å². The van der Waals surface area contributed by atoms with Crippen LogP contribution >= 0.6 is 11.3 Å². The van der Waals surface area contributed by atoms with Crippen LogP contribution in [0, 0.1) is 0 Å². The van der Waals surface area contributed by atoms with E-state index < -0.39 is 0 Å². The lowest BCUT2D eigenvalue weighted by Gasteiger charge is -2.17. The molecule has 2 aromatic heterocycles. The fourth-order valence-electron chi connectivity index (χ4n) is 1.76. The molecular weight excluding hydrogens is 284 g/mol. The van der Waals surface area contributed by atoms with Gasteiger partial charge in [-0.2, -0.15) is 5.10 Å². The Hall–Kier alpha value is -1.69. The maximum Gasteiger partial charge on any atom is 0.273 e. The molecule has 0 aliphatic heterocycles. The third kappa shape index (κ3) is 3.69. The van der Waals surface area contributed by atoms with Crippen molar-refractivity contribution in [1.82, 2.24) is 15.2 Å². The van der Waals surface area contributed by atoms with Crippen LogP contribution in [0.25, 0.3) is 11.3 Å². The summed E-state index contributed by atoms with van der Waals surface area (Å²) in [5.74, 6) is 0. The zero-order valence-corrected chi connectivity index (χ0v) is 14.0. The van der Waals surface area contributed by atoms with E-state index in [9.17, 15) is 4.79 Å². The molecule has 5 nitrogen and oxygen atoms in total.